The molecule has 0 spiro atoms. The maximum atomic E-state index is 12.6. The van der Waals surface area contributed by atoms with E-state index in [1.54, 1.807) is 0 Å². The lowest BCUT2D eigenvalue weighted by atomic mass is 9.85. The molecule has 4 rings (SSSR count). The minimum Gasteiger partial charge on any atom is -0.451 e. The number of hydrogen-bond acceptors (Lipinski definition) is 5. The van der Waals surface area contributed by atoms with E-state index in [0.717, 1.165) is 24.2 Å². The molecule has 0 aromatic heterocycles. The highest BCUT2D eigenvalue weighted by molar-refractivity contribution is 6.08. The molecule has 7 heteroatoms. The number of rotatable bonds is 5. The fraction of sp³-hybridized carbons (Fsp3) is 0.478. The van der Waals surface area contributed by atoms with E-state index in [4.69, 9.17) is 4.74 Å². The van der Waals surface area contributed by atoms with Crippen LogP contribution in [0, 0.1) is 11.8 Å². The molecule has 2 aliphatic carbocycles. The van der Waals surface area contributed by atoms with Crippen LogP contribution < -0.4 is 5.32 Å². The topological polar surface area (TPSA) is 92.8 Å². The third kappa shape index (κ3) is 3.64. The van der Waals surface area contributed by atoms with Crippen molar-refractivity contribution in [2.45, 2.75) is 58.1 Å². The van der Waals surface area contributed by atoms with Crippen LogP contribution in [0.3, 0.4) is 0 Å². The Morgan fingerprint density at radius 1 is 1.03 bits per heavy atom. The van der Waals surface area contributed by atoms with Crippen LogP contribution in [0.2, 0.25) is 0 Å². The number of aryl methyl sites for hydroxylation is 2. The summed E-state index contributed by atoms with van der Waals surface area (Å²) < 4.78 is 5.29. The summed E-state index contributed by atoms with van der Waals surface area (Å²) in [5, 5.41) is 2.77. The van der Waals surface area contributed by atoms with Crippen molar-refractivity contribution in [3.8, 4) is 0 Å². The van der Waals surface area contributed by atoms with E-state index in [0.29, 0.717) is 18.5 Å². The van der Waals surface area contributed by atoms with Gasteiger partial charge >= 0.3 is 5.97 Å². The summed E-state index contributed by atoms with van der Waals surface area (Å²) in [5.41, 5.74) is 3.20. The molecule has 1 aliphatic heterocycles. The monoisotopic (exact) mass is 410 g/mol. The van der Waals surface area contributed by atoms with Crippen LogP contribution in [0.15, 0.2) is 30.4 Å². The highest BCUT2D eigenvalue weighted by Crippen LogP contribution is 2.36. The fourth-order valence-corrected chi connectivity index (χ4v) is 4.53. The van der Waals surface area contributed by atoms with Gasteiger partial charge in [0.25, 0.3) is 5.91 Å². The lowest BCUT2D eigenvalue weighted by molar-refractivity contribution is -0.163. The molecule has 1 N–H and O–H groups in total. The normalized spacial score (nSPS) is 24.3. The zero-order chi connectivity index (χ0) is 21.4. The quantitative estimate of drug-likeness (QED) is 0.457. The second kappa shape index (κ2) is 8.05. The lowest BCUT2D eigenvalue weighted by Gasteiger charge is -2.23. The molecule has 1 heterocycles. The zero-order valence-electron chi connectivity index (χ0n) is 17.2. The predicted molar refractivity (Wildman–Crippen MR) is 109 cm³/mol. The molecule has 3 amide bonds. The van der Waals surface area contributed by atoms with E-state index < -0.39 is 35.9 Å². The molecule has 0 saturated carbocycles. The van der Waals surface area contributed by atoms with Gasteiger partial charge in [-0.05, 0) is 69.2 Å². The Labute approximate surface area is 175 Å². The molecule has 3 aliphatic rings. The molecule has 158 valence electrons. The second-order valence-corrected chi connectivity index (χ2v) is 8.28. The minimum absolute atomic E-state index is 0.339. The van der Waals surface area contributed by atoms with Crippen molar-refractivity contribution >= 4 is 29.4 Å². The van der Waals surface area contributed by atoms with Gasteiger partial charge in [0.1, 0.15) is 6.04 Å². The van der Waals surface area contributed by atoms with E-state index in [2.05, 4.69) is 5.32 Å². The van der Waals surface area contributed by atoms with Gasteiger partial charge in [0.15, 0.2) is 6.10 Å². The number of anilines is 1. The van der Waals surface area contributed by atoms with Gasteiger partial charge in [-0.3, -0.25) is 19.3 Å². The fourth-order valence-electron chi connectivity index (χ4n) is 4.53. The maximum Gasteiger partial charge on any atom is 0.329 e. The first-order valence-electron chi connectivity index (χ1n) is 10.5. The summed E-state index contributed by atoms with van der Waals surface area (Å²) in [4.78, 5) is 51.3. The first kappa shape index (κ1) is 20.3. The van der Waals surface area contributed by atoms with E-state index in [-0.39, 0.29) is 11.8 Å². The average Bonchev–Trinajstić information content (AvgIpc) is 3.30. The van der Waals surface area contributed by atoms with Gasteiger partial charge in [-0.1, -0.05) is 18.2 Å². The molecule has 1 saturated heterocycles. The number of fused-ring (bicyclic) bond motifs is 2. The van der Waals surface area contributed by atoms with Gasteiger partial charge in [-0.2, -0.15) is 0 Å². The number of likely N-dealkylation sites (tertiary alicyclic amines) is 1. The molecule has 0 bridgehead atoms. The van der Waals surface area contributed by atoms with Crippen molar-refractivity contribution in [1.82, 2.24) is 4.90 Å². The molecule has 0 radical (unpaired) electrons. The number of ether oxygens (including phenoxy) is 1. The Kier molecular flexibility index (Phi) is 5.45. The number of hydrogen-bond donors (Lipinski definition) is 1. The number of nitrogens with zero attached hydrogens (tertiary/aromatic N) is 1. The standard InChI is InChI=1S/C23H26N2O5/c1-13(25-21(27)18-8-3-4-9-19(18)22(25)28)23(29)30-14(2)20(26)24-17-11-10-15-6-5-7-16(15)12-17/h3-4,10-14,18-19H,5-9H2,1-2H3,(H,24,26)/t13-,14+,18-,19-/m0/s1. The number of esters is 1. The van der Waals surface area contributed by atoms with Crippen molar-refractivity contribution < 1.29 is 23.9 Å². The molecule has 1 fully saturated rings. The van der Waals surface area contributed by atoms with Crippen molar-refractivity contribution in [2.24, 2.45) is 11.8 Å². The summed E-state index contributed by atoms with van der Waals surface area (Å²) in [6, 6.07) is 4.74. The maximum absolute atomic E-state index is 12.6. The molecule has 7 nitrogen and oxygen atoms in total. The molecular formula is C23H26N2O5. The van der Waals surface area contributed by atoms with Crippen LogP contribution in [0.5, 0.6) is 0 Å². The first-order chi connectivity index (χ1) is 14.4. The SMILES string of the molecule is C[C@@H](OC(=O)[C@H](C)N1C(=O)[C@H]2CC=CC[C@@H]2C1=O)C(=O)Nc1ccc2c(c1)CCC2. The van der Waals surface area contributed by atoms with Crippen molar-refractivity contribution in [3.05, 3.63) is 41.5 Å². The van der Waals surface area contributed by atoms with Crippen LogP contribution >= 0.6 is 0 Å². The van der Waals surface area contributed by atoms with E-state index in [1.165, 1.54) is 25.0 Å². The summed E-state index contributed by atoms with van der Waals surface area (Å²) in [5.74, 6) is -2.70. The second-order valence-electron chi connectivity index (χ2n) is 8.28. The number of nitrogens with one attached hydrogen (secondary N) is 1. The zero-order valence-corrected chi connectivity index (χ0v) is 17.2. The highest BCUT2D eigenvalue weighted by Gasteiger charge is 2.50. The molecular weight excluding hydrogens is 384 g/mol. The average molecular weight is 410 g/mol. The molecule has 4 atom stereocenters. The largest absolute Gasteiger partial charge is 0.451 e. The number of imide groups is 1. The summed E-state index contributed by atoms with van der Waals surface area (Å²) in [6.45, 7) is 2.94. The van der Waals surface area contributed by atoms with Crippen molar-refractivity contribution in [3.63, 3.8) is 0 Å². The Hall–Kier alpha value is -2.96. The predicted octanol–water partition coefficient (Wildman–Crippen LogP) is 2.39. The van der Waals surface area contributed by atoms with E-state index in [1.807, 2.05) is 30.4 Å². The third-order valence-electron chi connectivity index (χ3n) is 6.30. The Morgan fingerprint density at radius 3 is 2.33 bits per heavy atom. The summed E-state index contributed by atoms with van der Waals surface area (Å²) in [7, 11) is 0. The molecule has 1 aromatic carbocycles. The molecule has 1 aromatic rings. The third-order valence-corrected chi connectivity index (χ3v) is 6.30. The highest BCUT2D eigenvalue weighted by atomic mass is 16.5. The molecule has 0 unspecified atom stereocenters. The number of amides is 3. The van der Waals surface area contributed by atoms with Gasteiger partial charge in [0, 0.05) is 5.69 Å². The van der Waals surface area contributed by atoms with Gasteiger partial charge in [-0.25, -0.2) is 4.79 Å². The lowest BCUT2D eigenvalue weighted by Crippen LogP contribution is -2.46. The number of carbonyl (C=O) groups is 4. The Morgan fingerprint density at radius 2 is 1.67 bits per heavy atom. The van der Waals surface area contributed by atoms with Crippen LogP contribution in [0.4, 0.5) is 5.69 Å². The number of allylic oxidation sites excluding steroid dienone is 2. The molecule has 30 heavy (non-hydrogen) atoms. The van der Waals surface area contributed by atoms with Gasteiger partial charge in [0.05, 0.1) is 11.8 Å². The van der Waals surface area contributed by atoms with Gasteiger partial charge in [0.2, 0.25) is 11.8 Å². The smallest absolute Gasteiger partial charge is 0.329 e. The minimum atomic E-state index is -1.06. The van der Waals surface area contributed by atoms with Crippen LogP contribution in [-0.2, 0) is 36.8 Å². The van der Waals surface area contributed by atoms with Crippen LogP contribution in [0.1, 0.15) is 44.2 Å². The Bertz CT molecular complexity index is 912. The van der Waals surface area contributed by atoms with Crippen molar-refractivity contribution in [2.75, 3.05) is 5.32 Å². The van der Waals surface area contributed by atoms with Crippen molar-refractivity contribution in [1.29, 1.82) is 0 Å². The van der Waals surface area contributed by atoms with Crippen LogP contribution in [-0.4, -0.2) is 40.7 Å². The summed E-state index contributed by atoms with van der Waals surface area (Å²) in [6.07, 6.45) is 6.92. The Balaban J connectivity index is 1.36. The van der Waals surface area contributed by atoms with Gasteiger partial charge in [-0.15, -0.1) is 0 Å². The first-order valence-corrected chi connectivity index (χ1v) is 10.5. The number of carbonyl (C=O) groups excluding carboxylic acids is 4. The van der Waals surface area contributed by atoms with E-state index >= 15 is 0 Å². The van der Waals surface area contributed by atoms with Crippen LogP contribution in [0.25, 0.3) is 0 Å². The van der Waals surface area contributed by atoms with Gasteiger partial charge < -0.3 is 10.1 Å². The summed E-state index contributed by atoms with van der Waals surface area (Å²) >= 11 is 0. The number of benzene rings is 1. The van der Waals surface area contributed by atoms with E-state index in [9.17, 15) is 19.2 Å².